The number of hydrogen-bond donors (Lipinski definition) is 2. The van der Waals surface area contributed by atoms with Crippen molar-refractivity contribution in [2.45, 2.75) is 0 Å². The standard InChI is InChI=1S/C11H8N2O3/c14-8-4-1-3-7-10(8)13(11(15)12-7)9-5-2-6-16-9/h1-6,14H,(H,12,15). The number of hydrogen-bond acceptors (Lipinski definition) is 3. The van der Waals surface area contributed by atoms with Crippen LogP contribution in [0.25, 0.3) is 16.9 Å². The third-order valence-electron chi connectivity index (χ3n) is 2.41. The van der Waals surface area contributed by atoms with E-state index in [9.17, 15) is 9.90 Å². The van der Waals surface area contributed by atoms with Crippen LogP contribution in [0, 0.1) is 0 Å². The molecule has 2 N–H and O–H groups in total. The van der Waals surface area contributed by atoms with Crippen molar-refractivity contribution in [1.29, 1.82) is 0 Å². The first kappa shape index (κ1) is 8.84. The molecule has 0 amide bonds. The van der Waals surface area contributed by atoms with Gasteiger partial charge in [0.1, 0.15) is 11.3 Å². The van der Waals surface area contributed by atoms with Gasteiger partial charge in [-0.05, 0) is 18.2 Å². The summed E-state index contributed by atoms with van der Waals surface area (Å²) in [4.78, 5) is 14.4. The average molecular weight is 216 g/mol. The van der Waals surface area contributed by atoms with Crippen LogP contribution in [-0.2, 0) is 0 Å². The number of furan rings is 1. The number of H-pyrrole nitrogens is 1. The summed E-state index contributed by atoms with van der Waals surface area (Å²) in [5.41, 5.74) is 0.648. The Morgan fingerprint density at radius 2 is 2.12 bits per heavy atom. The van der Waals surface area contributed by atoms with Crippen molar-refractivity contribution in [2.24, 2.45) is 0 Å². The van der Waals surface area contributed by atoms with Crippen molar-refractivity contribution in [3.8, 4) is 11.6 Å². The quantitative estimate of drug-likeness (QED) is 0.649. The summed E-state index contributed by atoms with van der Waals surface area (Å²) in [5.74, 6) is 0.407. The highest BCUT2D eigenvalue weighted by Crippen LogP contribution is 2.24. The van der Waals surface area contributed by atoms with E-state index >= 15 is 0 Å². The van der Waals surface area contributed by atoms with Gasteiger partial charge in [-0.25, -0.2) is 9.36 Å². The van der Waals surface area contributed by atoms with Gasteiger partial charge in [0.15, 0.2) is 0 Å². The first-order valence-electron chi connectivity index (χ1n) is 4.74. The summed E-state index contributed by atoms with van der Waals surface area (Å²) >= 11 is 0. The highest BCUT2D eigenvalue weighted by Gasteiger charge is 2.13. The third kappa shape index (κ3) is 1.08. The predicted molar refractivity (Wildman–Crippen MR) is 57.8 cm³/mol. The molecule has 0 spiro atoms. The molecule has 0 atom stereocenters. The maximum absolute atomic E-state index is 11.7. The summed E-state index contributed by atoms with van der Waals surface area (Å²) in [6, 6.07) is 8.24. The molecule has 2 aromatic heterocycles. The molecule has 80 valence electrons. The SMILES string of the molecule is O=c1[nH]c2cccc(O)c2n1-c1ccco1. The number of phenolic OH excluding ortho intramolecular Hbond substituents is 1. The Kier molecular flexibility index (Phi) is 1.67. The minimum absolute atomic E-state index is 0.0345. The lowest BCUT2D eigenvalue weighted by atomic mass is 10.3. The van der Waals surface area contributed by atoms with Gasteiger partial charge in [-0.3, -0.25) is 0 Å². The van der Waals surface area contributed by atoms with E-state index in [-0.39, 0.29) is 11.4 Å². The summed E-state index contributed by atoms with van der Waals surface area (Å²) in [6.45, 7) is 0. The van der Waals surface area contributed by atoms with Crippen LogP contribution >= 0.6 is 0 Å². The van der Waals surface area contributed by atoms with Gasteiger partial charge in [-0.15, -0.1) is 0 Å². The Morgan fingerprint density at radius 1 is 1.25 bits per heavy atom. The van der Waals surface area contributed by atoms with Crippen molar-refractivity contribution in [3.05, 3.63) is 47.1 Å². The fourth-order valence-electron chi connectivity index (χ4n) is 1.75. The van der Waals surface area contributed by atoms with Gasteiger partial charge in [-0.1, -0.05) is 6.07 Å². The van der Waals surface area contributed by atoms with E-state index < -0.39 is 0 Å². The fraction of sp³-hybridized carbons (Fsp3) is 0. The van der Waals surface area contributed by atoms with Gasteiger partial charge in [0.2, 0.25) is 5.88 Å². The van der Waals surface area contributed by atoms with Gasteiger partial charge in [-0.2, -0.15) is 0 Å². The number of rotatable bonds is 1. The van der Waals surface area contributed by atoms with Crippen molar-refractivity contribution in [3.63, 3.8) is 0 Å². The van der Waals surface area contributed by atoms with Crippen LogP contribution in [-0.4, -0.2) is 14.7 Å². The van der Waals surface area contributed by atoms with E-state index in [2.05, 4.69) is 4.98 Å². The second kappa shape index (κ2) is 3.03. The molecular formula is C11H8N2O3. The molecule has 0 unspecified atom stereocenters. The normalized spacial score (nSPS) is 11.0. The Hall–Kier alpha value is -2.43. The monoisotopic (exact) mass is 216 g/mol. The highest BCUT2D eigenvalue weighted by molar-refractivity contribution is 5.82. The van der Waals surface area contributed by atoms with Crippen molar-refractivity contribution in [2.75, 3.05) is 0 Å². The maximum Gasteiger partial charge on any atom is 0.333 e. The lowest BCUT2D eigenvalue weighted by Crippen LogP contribution is -2.13. The van der Waals surface area contributed by atoms with Crippen LogP contribution in [0.4, 0.5) is 0 Å². The van der Waals surface area contributed by atoms with Crippen molar-refractivity contribution in [1.82, 2.24) is 9.55 Å². The number of aromatic amines is 1. The average Bonchev–Trinajstić information content (AvgIpc) is 2.84. The van der Waals surface area contributed by atoms with Crippen LogP contribution in [0.15, 0.2) is 45.8 Å². The predicted octanol–water partition coefficient (Wildman–Crippen LogP) is 1.62. The molecule has 2 heterocycles. The molecule has 5 heteroatoms. The number of nitrogens with one attached hydrogen (secondary N) is 1. The van der Waals surface area contributed by atoms with E-state index in [1.165, 1.54) is 16.9 Å². The first-order valence-corrected chi connectivity index (χ1v) is 4.74. The molecule has 3 aromatic rings. The van der Waals surface area contributed by atoms with Crippen LogP contribution in [0.5, 0.6) is 5.75 Å². The van der Waals surface area contributed by atoms with Gasteiger partial charge < -0.3 is 14.5 Å². The summed E-state index contributed by atoms with van der Waals surface area (Å²) < 4.78 is 6.45. The topological polar surface area (TPSA) is 71.2 Å². The van der Waals surface area contributed by atoms with E-state index in [0.29, 0.717) is 16.9 Å². The lowest BCUT2D eigenvalue weighted by molar-refractivity contribution is 0.476. The molecule has 0 saturated carbocycles. The second-order valence-electron chi connectivity index (χ2n) is 3.39. The molecule has 5 nitrogen and oxygen atoms in total. The minimum atomic E-state index is -0.341. The fourth-order valence-corrected chi connectivity index (χ4v) is 1.75. The molecule has 16 heavy (non-hydrogen) atoms. The molecule has 0 fully saturated rings. The van der Waals surface area contributed by atoms with Gasteiger partial charge in [0.05, 0.1) is 11.8 Å². The zero-order valence-corrected chi connectivity index (χ0v) is 8.18. The van der Waals surface area contributed by atoms with E-state index in [1.807, 2.05) is 0 Å². The smallest absolute Gasteiger partial charge is 0.333 e. The zero-order valence-electron chi connectivity index (χ0n) is 8.18. The zero-order chi connectivity index (χ0) is 11.1. The lowest BCUT2D eigenvalue weighted by Gasteiger charge is -1.99. The Morgan fingerprint density at radius 3 is 2.88 bits per heavy atom. The molecule has 0 aliphatic carbocycles. The van der Waals surface area contributed by atoms with E-state index in [0.717, 1.165) is 0 Å². The number of imidazole rings is 1. The Labute approximate surface area is 89.6 Å². The first-order chi connectivity index (χ1) is 7.77. The Bertz CT molecular complexity index is 692. The number of nitrogens with zero attached hydrogens (tertiary/aromatic N) is 1. The third-order valence-corrected chi connectivity index (χ3v) is 2.41. The van der Waals surface area contributed by atoms with E-state index in [1.54, 1.807) is 24.3 Å². The number of aromatic hydroxyl groups is 1. The summed E-state index contributed by atoms with van der Waals surface area (Å²) in [6.07, 6.45) is 1.47. The number of para-hydroxylation sites is 1. The summed E-state index contributed by atoms with van der Waals surface area (Å²) in [5, 5.41) is 9.74. The number of fused-ring (bicyclic) bond motifs is 1. The molecular weight excluding hydrogens is 208 g/mol. The van der Waals surface area contributed by atoms with Gasteiger partial charge >= 0.3 is 5.69 Å². The molecule has 0 aliphatic rings. The number of aromatic nitrogens is 2. The molecule has 0 saturated heterocycles. The molecule has 1 aromatic carbocycles. The van der Waals surface area contributed by atoms with Gasteiger partial charge in [0, 0.05) is 6.07 Å². The maximum atomic E-state index is 11.7. The van der Waals surface area contributed by atoms with Crippen LogP contribution in [0.2, 0.25) is 0 Å². The molecule has 0 radical (unpaired) electrons. The molecule has 0 bridgehead atoms. The van der Waals surface area contributed by atoms with E-state index in [4.69, 9.17) is 4.42 Å². The van der Waals surface area contributed by atoms with Crippen LogP contribution in [0.3, 0.4) is 0 Å². The van der Waals surface area contributed by atoms with Crippen molar-refractivity contribution < 1.29 is 9.52 Å². The van der Waals surface area contributed by atoms with Crippen molar-refractivity contribution >= 4 is 11.0 Å². The summed E-state index contributed by atoms with van der Waals surface area (Å²) in [7, 11) is 0. The van der Waals surface area contributed by atoms with Crippen LogP contribution in [0.1, 0.15) is 0 Å². The Balaban J connectivity index is 2.49. The largest absolute Gasteiger partial charge is 0.506 e. The highest BCUT2D eigenvalue weighted by atomic mass is 16.3. The molecule has 0 aliphatic heterocycles. The number of benzene rings is 1. The van der Waals surface area contributed by atoms with Gasteiger partial charge in [0.25, 0.3) is 0 Å². The van der Waals surface area contributed by atoms with Crippen LogP contribution < -0.4 is 5.69 Å². The molecule has 3 rings (SSSR count). The minimum Gasteiger partial charge on any atom is -0.506 e. The second-order valence-corrected chi connectivity index (χ2v) is 3.39. The number of phenols is 1.